The first-order valence-corrected chi connectivity index (χ1v) is 7.87. The highest BCUT2D eigenvalue weighted by Crippen LogP contribution is 2.31. The van der Waals surface area contributed by atoms with Crippen LogP contribution >= 0.6 is 11.3 Å². The highest BCUT2D eigenvalue weighted by atomic mass is 32.1. The van der Waals surface area contributed by atoms with Gasteiger partial charge < -0.3 is 5.11 Å². The molecule has 1 fully saturated rings. The van der Waals surface area contributed by atoms with Crippen molar-refractivity contribution < 1.29 is 5.11 Å². The summed E-state index contributed by atoms with van der Waals surface area (Å²) < 4.78 is 0. The van der Waals surface area contributed by atoms with Crippen molar-refractivity contribution in [3.8, 4) is 0 Å². The van der Waals surface area contributed by atoms with Gasteiger partial charge in [0, 0.05) is 17.5 Å². The van der Waals surface area contributed by atoms with E-state index in [2.05, 4.69) is 43.3 Å². The smallest absolute Gasteiger partial charge is 0.0580 e. The van der Waals surface area contributed by atoms with Crippen molar-refractivity contribution in [1.29, 1.82) is 0 Å². The van der Waals surface area contributed by atoms with Crippen LogP contribution in [0.15, 0.2) is 17.5 Å². The zero-order valence-electron chi connectivity index (χ0n) is 11.7. The van der Waals surface area contributed by atoms with E-state index in [-0.39, 0.29) is 6.10 Å². The zero-order valence-corrected chi connectivity index (χ0v) is 12.5. The van der Waals surface area contributed by atoms with E-state index in [1.54, 1.807) is 0 Å². The maximum atomic E-state index is 10.1. The first-order chi connectivity index (χ1) is 8.58. The molecular formula is C15H25NOS. The highest BCUT2D eigenvalue weighted by molar-refractivity contribution is 7.10. The summed E-state index contributed by atoms with van der Waals surface area (Å²) in [5.41, 5.74) is 0. The third kappa shape index (κ3) is 3.34. The molecule has 0 spiro atoms. The number of thiophene rings is 1. The number of aliphatic hydroxyl groups is 1. The molecule has 0 radical (unpaired) electrons. The third-order valence-electron chi connectivity index (χ3n) is 4.34. The molecule has 1 heterocycles. The quantitative estimate of drug-likeness (QED) is 0.902. The fourth-order valence-corrected chi connectivity index (χ4v) is 3.80. The Labute approximate surface area is 115 Å². The number of nitrogens with zero attached hydrogens (tertiary/aromatic N) is 1. The van der Waals surface area contributed by atoms with Gasteiger partial charge in [0.15, 0.2) is 0 Å². The Kier molecular flexibility index (Phi) is 4.82. The molecule has 1 aromatic rings. The van der Waals surface area contributed by atoms with Gasteiger partial charge in [0.25, 0.3) is 0 Å². The van der Waals surface area contributed by atoms with Gasteiger partial charge in [-0.05, 0) is 56.5 Å². The number of hydrogen-bond donors (Lipinski definition) is 1. The van der Waals surface area contributed by atoms with Crippen LogP contribution in [0, 0.1) is 11.8 Å². The lowest BCUT2D eigenvalue weighted by Crippen LogP contribution is -2.37. The van der Waals surface area contributed by atoms with Gasteiger partial charge in [-0.3, -0.25) is 4.90 Å². The van der Waals surface area contributed by atoms with Gasteiger partial charge in [-0.1, -0.05) is 13.0 Å². The Bertz CT molecular complexity index is 351. The first-order valence-electron chi connectivity index (χ1n) is 6.99. The van der Waals surface area contributed by atoms with Gasteiger partial charge in [0.2, 0.25) is 0 Å². The van der Waals surface area contributed by atoms with Crippen LogP contribution < -0.4 is 0 Å². The summed E-state index contributed by atoms with van der Waals surface area (Å²) in [6, 6.07) is 4.77. The largest absolute Gasteiger partial charge is 0.393 e. The highest BCUT2D eigenvalue weighted by Gasteiger charge is 2.29. The van der Waals surface area contributed by atoms with Crippen molar-refractivity contribution in [2.45, 2.75) is 45.3 Å². The van der Waals surface area contributed by atoms with Gasteiger partial charge in [0.1, 0.15) is 0 Å². The molecule has 2 rings (SSSR count). The van der Waals surface area contributed by atoms with Gasteiger partial charge in [-0.25, -0.2) is 0 Å². The molecule has 1 N–H and O–H groups in total. The minimum absolute atomic E-state index is 0.0980. The van der Waals surface area contributed by atoms with Crippen molar-refractivity contribution in [2.24, 2.45) is 11.8 Å². The van der Waals surface area contributed by atoms with Crippen LogP contribution in [0.5, 0.6) is 0 Å². The fraction of sp³-hybridized carbons (Fsp3) is 0.733. The van der Waals surface area contributed by atoms with Crippen molar-refractivity contribution in [3.05, 3.63) is 22.4 Å². The second-order valence-corrected chi connectivity index (χ2v) is 6.86. The topological polar surface area (TPSA) is 23.5 Å². The fourth-order valence-electron chi connectivity index (χ4n) is 2.95. The Hall–Kier alpha value is -0.380. The molecule has 1 saturated carbocycles. The summed E-state index contributed by atoms with van der Waals surface area (Å²) in [6.07, 6.45) is 3.23. The molecule has 1 aliphatic rings. The lowest BCUT2D eigenvalue weighted by atomic mass is 9.80. The average Bonchev–Trinajstić information content (AvgIpc) is 2.86. The molecule has 1 aliphatic carbocycles. The van der Waals surface area contributed by atoms with Crippen LogP contribution in [0.2, 0.25) is 0 Å². The minimum Gasteiger partial charge on any atom is -0.393 e. The van der Waals surface area contributed by atoms with E-state index in [1.165, 1.54) is 17.7 Å². The van der Waals surface area contributed by atoms with E-state index >= 15 is 0 Å². The third-order valence-corrected chi connectivity index (χ3v) is 5.39. The van der Waals surface area contributed by atoms with Crippen LogP contribution in [0.25, 0.3) is 0 Å². The first kappa shape index (κ1) is 14.0. The van der Waals surface area contributed by atoms with Crippen LogP contribution in [-0.4, -0.2) is 29.7 Å². The van der Waals surface area contributed by atoms with Gasteiger partial charge in [-0.2, -0.15) is 0 Å². The molecule has 0 saturated heterocycles. The van der Waals surface area contributed by atoms with Gasteiger partial charge in [-0.15, -0.1) is 11.3 Å². The van der Waals surface area contributed by atoms with E-state index in [9.17, 15) is 5.11 Å². The van der Waals surface area contributed by atoms with E-state index in [4.69, 9.17) is 0 Å². The van der Waals surface area contributed by atoms with Crippen LogP contribution in [-0.2, 0) is 0 Å². The maximum Gasteiger partial charge on any atom is 0.0580 e. The SMILES string of the molecule is CC1CCC(O)C(CN(C)C(C)c2cccs2)C1. The molecule has 102 valence electrons. The van der Waals surface area contributed by atoms with Crippen LogP contribution in [0.3, 0.4) is 0 Å². The summed E-state index contributed by atoms with van der Waals surface area (Å²) in [5.74, 6) is 1.21. The predicted octanol–water partition coefficient (Wildman–Crippen LogP) is 3.54. The summed E-state index contributed by atoms with van der Waals surface area (Å²) in [6.45, 7) is 5.57. The summed E-state index contributed by atoms with van der Waals surface area (Å²) in [7, 11) is 2.18. The zero-order chi connectivity index (χ0) is 13.1. The van der Waals surface area contributed by atoms with Crippen molar-refractivity contribution in [3.63, 3.8) is 0 Å². The van der Waals surface area contributed by atoms with E-state index in [0.29, 0.717) is 12.0 Å². The molecular weight excluding hydrogens is 242 g/mol. The number of aliphatic hydroxyl groups excluding tert-OH is 1. The molecule has 1 aromatic heterocycles. The van der Waals surface area contributed by atoms with E-state index in [0.717, 1.165) is 18.9 Å². The van der Waals surface area contributed by atoms with Crippen LogP contribution in [0.1, 0.15) is 44.0 Å². The molecule has 0 amide bonds. The van der Waals surface area contributed by atoms with Crippen molar-refractivity contribution in [1.82, 2.24) is 4.90 Å². The minimum atomic E-state index is -0.0980. The molecule has 4 atom stereocenters. The molecule has 0 aromatic carbocycles. The Balaban J connectivity index is 1.91. The number of rotatable bonds is 4. The summed E-state index contributed by atoms with van der Waals surface area (Å²) in [5, 5.41) is 12.3. The van der Waals surface area contributed by atoms with E-state index in [1.807, 2.05) is 11.3 Å². The van der Waals surface area contributed by atoms with Gasteiger partial charge in [0.05, 0.1) is 6.10 Å². The summed E-state index contributed by atoms with van der Waals surface area (Å²) >= 11 is 1.82. The van der Waals surface area contributed by atoms with Crippen LogP contribution in [0.4, 0.5) is 0 Å². The van der Waals surface area contributed by atoms with Crippen molar-refractivity contribution in [2.75, 3.05) is 13.6 Å². The molecule has 4 unspecified atom stereocenters. The maximum absolute atomic E-state index is 10.1. The summed E-state index contributed by atoms with van der Waals surface area (Å²) in [4.78, 5) is 3.80. The molecule has 3 heteroatoms. The lowest BCUT2D eigenvalue weighted by molar-refractivity contribution is 0.0292. The monoisotopic (exact) mass is 267 g/mol. The second-order valence-electron chi connectivity index (χ2n) is 5.88. The Morgan fingerprint density at radius 2 is 2.28 bits per heavy atom. The second kappa shape index (κ2) is 6.18. The molecule has 0 aliphatic heterocycles. The molecule has 2 nitrogen and oxygen atoms in total. The molecule has 0 bridgehead atoms. The Morgan fingerprint density at radius 1 is 1.50 bits per heavy atom. The normalized spacial score (nSPS) is 30.6. The van der Waals surface area contributed by atoms with Crippen molar-refractivity contribution >= 4 is 11.3 Å². The van der Waals surface area contributed by atoms with E-state index < -0.39 is 0 Å². The average molecular weight is 267 g/mol. The molecule has 18 heavy (non-hydrogen) atoms. The van der Waals surface area contributed by atoms with Gasteiger partial charge >= 0.3 is 0 Å². The Morgan fingerprint density at radius 3 is 2.94 bits per heavy atom. The predicted molar refractivity (Wildman–Crippen MR) is 77.9 cm³/mol. The standard InChI is InChI=1S/C15H25NOS/c1-11-6-7-14(17)13(9-11)10-16(3)12(2)15-5-4-8-18-15/h4-5,8,11-14,17H,6-7,9-10H2,1-3H3. The lowest BCUT2D eigenvalue weighted by Gasteiger charge is -2.36. The number of hydrogen-bond acceptors (Lipinski definition) is 3.